The zero-order chi connectivity index (χ0) is 15.6. The third-order valence-electron chi connectivity index (χ3n) is 3.37. The summed E-state index contributed by atoms with van der Waals surface area (Å²) < 4.78 is 0. The smallest absolute Gasteiger partial charge is 0.407 e. The fraction of sp³-hybridized carbons (Fsp3) is 0.467. The standard InChI is InChI=1S/C15H20N2O4/c1-15(2,21)8-13(18)16-12-4-3-11-9-17(14(19)20)6-5-10(11)7-12/h3-4,7,21H,5-6,8-9H2,1-2H3,(H,16,18)(H,19,20). The monoisotopic (exact) mass is 292 g/mol. The summed E-state index contributed by atoms with van der Waals surface area (Å²) in [5, 5.41) is 21.4. The number of nitrogens with one attached hydrogen (secondary N) is 1. The lowest BCUT2D eigenvalue weighted by molar-refractivity contribution is -0.119. The Morgan fingerprint density at radius 2 is 2.05 bits per heavy atom. The maximum absolute atomic E-state index is 11.8. The van der Waals surface area contributed by atoms with Crippen LogP contribution in [0.15, 0.2) is 18.2 Å². The maximum atomic E-state index is 11.8. The van der Waals surface area contributed by atoms with Gasteiger partial charge in [-0.3, -0.25) is 4.79 Å². The average molecular weight is 292 g/mol. The largest absolute Gasteiger partial charge is 0.465 e. The highest BCUT2D eigenvalue weighted by Gasteiger charge is 2.21. The van der Waals surface area contributed by atoms with Crippen molar-refractivity contribution >= 4 is 17.7 Å². The predicted molar refractivity (Wildman–Crippen MR) is 78.1 cm³/mol. The minimum Gasteiger partial charge on any atom is -0.465 e. The molecule has 1 aliphatic rings. The number of benzene rings is 1. The van der Waals surface area contributed by atoms with Gasteiger partial charge in [-0.1, -0.05) is 6.07 Å². The second-order valence-electron chi connectivity index (χ2n) is 5.98. The highest BCUT2D eigenvalue weighted by atomic mass is 16.4. The van der Waals surface area contributed by atoms with Crippen LogP contribution in [-0.4, -0.2) is 39.3 Å². The van der Waals surface area contributed by atoms with Crippen LogP contribution in [0.3, 0.4) is 0 Å². The Bertz CT molecular complexity index is 563. The zero-order valence-electron chi connectivity index (χ0n) is 12.2. The first-order valence-electron chi connectivity index (χ1n) is 6.86. The molecule has 6 heteroatoms. The number of fused-ring (bicyclic) bond motifs is 1. The number of carbonyl (C=O) groups excluding carboxylic acids is 1. The van der Waals surface area contributed by atoms with Crippen LogP contribution in [-0.2, 0) is 17.8 Å². The molecular formula is C15H20N2O4. The van der Waals surface area contributed by atoms with Crippen LogP contribution in [0.4, 0.5) is 10.5 Å². The van der Waals surface area contributed by atoms with Crippen LogP contribution in [0.1, 0.15) is 31.4 Å². The molecule has 0 aliphatic carbocycles. The molecule has 1 aromatic carbocycles. The Morgan fingerprint density at radius 1 is 1.33 bits per heavy atom. The molecule has 0 atom stereocenters. The van der Waals surface area contributed by atoms with Crippen molar-refractivity contribution in [3.05, 3.63) is 29.3 Å². The number of amides is 2. The number of rotatable bonds is 3. The molecule has 0 fully saturated rings. The molecule has 0 saturated carbocycles. The van der Waals surface area contributed by atoms with E-state index in [9.17, 15) is 14.7 Å². The van der Waals surface area contributed by atoms with Crippen molar-refractivity contribution in [3.63, 3.8) is 0 Å². The summed E-state index contributed by atoms with van der Waals surface area (Å²) in [6, 6.07) is 5.47. The van der Waals surface area contributed by atoms with Crippen molar-refractivity contribution < 1.29 is 19.8 Å². The van der Waals surface area contributed by atoms with Crippen molar-refractivity contribution in [1.82, 2.24) is 4.90 Å². The highest BCUT2D eigenvalue weighted by Crippen LogP contribution is 2.23. The first kappa shape index (κ1) is 15.3. The molecule has 1 heterocycles. The summed E-state index contributed by atoms with van der Waals surface area (Å²) in [6.07, 6.45) is -0.253. The number of nitrogens with zero attached hydrogens (tertiary/aromatic N) is 1. The van der Waals surface area contributed by atoms with Gasteiger partial charge in [-0.25, -0.2) is 4.79 Å². The molecule has 2 rings (SSSR count). The molecule has 6 nitrogen and oxygen atoms in total. The highest BCUT2D eigenvalue weighted by molar-refractivity contribution is 5.91. The molecule has 2 amide bonds. The van der Waals surface area contributed by atoms with Gasteiger partial charge in [0.05, 0.1) is 12.0 Å². The van der Waals surface area contributed by atoms with Crippen LogP contribution < -0.4 is 5.32 Å². The van der Waals surface area contributed by atoms with Crippen LogP contribution in [0, 0.1) is 0 Å². The first-order valence-corrected chi connectivity index (χ1v) is 6.86. The lowest BCUT2D eigenvalue weighted by Crippen LogP contribution is -2.34. The Kier molecular flexibility index (Phi) is 4.18. The van der Waals surface area contributed by atoms with Crippen LogP contribution in [0.2, 0.25) is 0 Å². The predicted octanol–water partition coefficient (Wildman–Crippen LogP) is 1.82. The number of hydrogen-bond donors (Lipinski definition) is 3. The SMILES string of the molecule is CC(C)(O)CC(=O)Nc1ccc2c(c1)CCN(C(=O)O)C2. The Balaban J connectivity index is 2.05. The van der Waals surface area contributed by atoms with Crippen molar-refractivity contribution in [2.45, 2.75) is 38.8 Å². The molecule has 1 aliphatic heterocycles. The van der Waals surface area contributed by atoms with E-state index >= 15 is 0 Å². The molecule has 114 valence electrons. The number of aliphatic hydroxyl groups is 1. The summed E-state index contributed by atoms with van der Waals surface area (Å²) in [7, 11) is 0. The molecule has 0 saturated heterocycles. The number of carboxylic acid groups (broad SMARTS) is 1. The van der Waals surface area contributed by atoms with E-state index in [4.69, 9.17) is 5.11 Å². The second kappa shape index (κ2) is 5.73. The first-order chi connectivity index (χ1) is 9.74. The van der Waals surface area contributed by atoms with E-state index in [1.54, 1.807) is 19.9 Å². The van der Waals surface area contributed by atoms with E-state index in [1.165, 1.54) is 4.90 Å². The van der Waals surface area contributed by atoms with E-state index in [0.29, 0.717) is 25.2 Å². The van der Waals surface area contributed by atoms with E-state index in [-0.39, 0.29) is 12.3 Å². The minimum atomic E-state index is -1.04. The van der Waals surface area contributed by atoms with E-state index in [1.807, 2.05) is 12.1 Å². The number of anilines is 1. The molecule has 0 unspecified atom stereocenters. The third-order valence-corrected chi connectivity index (χ3v) is 3.37. The molecule has 1 aromatic rings. The summed E-state index contributed by atoms with van der Waals surface area (Å²) in [6.45, 7) is 4.01. The lowest BCUT2D eigenvalue weighted by Gasteiger charge is -2.26. The topological polar surface area (TPSA) is 89.9 Å². The van der Waals surface area contributed by atoms with Gasteiger partial charge < -0.3 is 20.4 Å². The van der Waals surface area contributed by atoms with Gasteiger partial charge in [0, 0.05) is 18.8 Å². The van der Waals surface area contributed by atoms with E-state index in [2.05, 4.69) is 5.32 Å². The third kappa shape index (κ3) is 4.19. The number of carbonyl (C=O) groups is 2. The minimum absolute atomic E-state index is 0.0247. The molecule has 0 bridgehead atoms. The summed E-state index contributed by atoms with van der Waals surface area (Å²) in [5.74, 6) is -0.245. The van der Waals surface area contributed by atoms with Crippen LogP contribution in [0.25, 0.3) is 0 Å². The van der Waals surface area contributed by atoms with Crippen LogP contribution >= 0.6 is 0 Å². The Hall–Kier alpha value is -2.08. The summed E-state index contributed by atoms with van der Waals surface area (Å²) in [5.41, 5.74) is 1.64. The van der Waals surface area contributed by atoms with Gasteiger partial charge in [-0.05, 0) is 43.5 Å². The molecular weight excluding hydrogens is 272 g/mol. The average Bonchev–Trinajstić information content (AvgIpc) is 2.35. The van der Waals surface area contributed by atoms with Crippen molar-refractivity contribution in [1.29, 1.82) is 0 Å². The van der Waals surface area contributed by atoms with Crippen molar-refractivity contribution in [3.8, 4) is 0 Å². The van der Waals surface area contributed by atoms with Gasteiger partial charge >= 0.3 is 6.09 Å². The zero-order valence-corrected chi connectivity index (χ0v) is 12.2. The van der Waals surface area contributed by atoms with Crippen molar-refractivity contribution in [2.24, 2.45) is 0 Å². The molecule has 0 spiro atoms. The number of hydrogen-bond acceptors (Lipinski definition) is 3. The Morgan fingerprint density at radius 3 is 2.67 bits per heavy atom. The fourth-order valence-corrected chi connectivity index (χ4v) is 2.39. The molecule has 0 radical (unpaired) electrons. The van der Waals surface area contributed by atoms with Gasteiger partial charge in [0.2, 0.25) is 5.91 Å². The maximum Gasteiger partial charge on any atom is 0.407 e. The molecule has 0 aromatic heterocycles. The lowest BCUT2D eigenvalue weighted by atomic mass is 9.99. The summed E-state index contributed by atoms with van der Waals surface area (Å²) >= 11 is 0. The summed E-state index contributed by atoms with van der Waals surface area (Å²) in [4.78, 5) is 24.1. The van der Waals surface area contributed by atoms with E-state index < -0.39 is 11.7 Å². The molecule has 3 N–H and O–H groups in total. The molecule has 21 heavy (non-hydrogen) atoms. The Labute approximate surface area is 123 Å². The van der Waals surface area contributed by atoms with Gasteiger partial charge in [-0.2, -0.15) is 0 Å². The quantitative estimate of drug-likeness (QED) is 0.792. The van der Waals surface area contributed by atoms with Gasteiger partial charge in [0.15, 0.2) is 0 Å². The van der Waals surface area contributed by atoms with Crippen LogP contribution in [0.5, 0.6) is 0 Å². The van der Waals surface area contributed by atoms with E-state index in [0.717, 1.165) is 11.1 Å². The van der Waals surface area contributed by atoms with Crippen molar-refractivity contribution in [2.75, 3.05) is 11.9 Å². The van der Waals surface area contributed by atoms with Gasteiger partial charge in [0.1, 0.15) is 0 Å². The second-order valence-corrected chi connectivity index (χ2v) is 5.98. The normalized spacial score (nSPS) is 14.5. The fourth-order valence-electron chi connectivity index (χ4n) is 2.39. The van der Waals surface area contributed by atoms with Gasteiger partial charge in [0.25, 0.3) is 0 Å². The van der Waals surface area contributed by atoms with Gasteiger partial charge in [-0.15, -0.1) is 0 Å².